The summed E-state index contributed by atoms with van der Waals surface area (Å²) in [6.07, 6.45) is 1.52. The van der Waals surface area contributed by atoms with Crippen LogP contribution >= 0.6 is 0 Å². The van der Waals surface area contributed by atoms with Crippen molar-refractivity contribution in [2.75, 3.05) is 16.8 Å². The van der Waals surface area contributed by atoms with Crippen LogP contribution in [-0.2, 0) is 9.59 Å². The van der Waals surface area contributed by atoms with Crippen LogP contribution in [0.1, 0.15) is 26.2 Å². The van der Waals surface area contributed by atoms with Gasteiger partial charge in [0, 0.05) is 24.3 Å². The van der Waals surface area contributed by atoms with E-state index < -0.39 is 6.10 Å². The first kappa shape index (κ1) is 17.0. The lowest BCUT2D eigenvalue weighted by Gasteiger charge is -2.18. The van der Waals surface area contributed by atoms with Crippen molar-refractivity contribution >= 4 is 23.2 Å². The zero-order valence-corrected chi connectivity index (χ0v) is 14.3. The molecule has 2 aromatic carbocycles. The fourth-order valence-electron chi connectivity index (χ4n) is 2.85. The summed E-state index contributed by atoms with van der Waals surface area (Å²) in [6.45, 7) is 2.67. The molecule has 0 saturated carbocycles. The van der Waals surface area contributed by atoms with Crippen LogP contribution in [0.25, 0.3) is 0 Å². The highest BCUT2D eigenvalue weighted by molar-refractivity contribution is 5.97. The highest BCUT2D eigenvalue weighted by Crippen LogP contribution is 2.23. The van der Waals surface area contributed by atoms with E-state index in [1.54, 1.807) is 4.90 Å². The maximum absolute atomic E-state index is 12.4. The average molecular weight is 338 g/mol. The number of carbonyl (C=O) groups is 2. The lowest BCUT2D eigenvalue weighted by molar-refractivity contribution is -0.122. The van der Waals surface area contributed by atoms with E-state index in [4.69, 9.17) is 4.74 Å². The molecule has 1 heterocycles. The minimum absolute atomic E-state index is 0.152. The Kier molecular flexibility index (Phi) is 5.33. The molecule has 1 atom stereocenters. The molecule has 1 fully saturated rings. The standard InChI is InChI=1S/C20H22N2O3/c1-2-18(25-17-7-4-3-5-8-17)20(24)21-15-10-12-16(13-11-15)22-14-6-9-19(22)23/h3-5,7-8,10-13,18H,2,6,9,14H2,1H3,(H,21,24)/t18-/m1/s1. The molecule has 1 aliphatic rings. The van der Waals surface area contributed by atoms with Gasteiger partial charge in [-0.05, 0) is 49.2 Å². The molecule has 25 heavy (non-hydrogen) atoms. The summed E-state index contributed by atoms with van der Waals surface area (Å²) in [5.41, 5.74) is 1.56. The number of carbonyl (C=O) groups excluding carboxylic acids is 2. The number of rotatable bonds is 6. The first-order chi connectivity index (χ1) is 12.2. The van der Waals surface area contributed by atoms with Crippen LogP contribution in [0.4, 0.5) is 11.4 Å². The number of anilines is 2. The van der Waals surface area contributed by atoms with Crippen molar-refractivity contribution in [3.05, 3.63) is 54.6 Å². The Balaban J connectivity index is 1.62. The van der Waals surface area contributed by atoms with Gasteiger partial charge in [-0.1, -0.05) is 25.1 Å². The van der Waals surface area contributed by atoms with Gasteiger partial charge in [0.1, 0.15) is 5.75 Å². The van der Waals surface area contributed by atoms with Gasteiger partial charge in [0.15, 0.2) is 6.10 Å². The predicted molar refractivity (Wildman–Crippen MR) is 97.8 cm³/mol. The van der Waals surface area contributed by atoms with Crippen LogP contribution in [0.3, 0.4) is 0 Å². The largest absolute Gasteiger partial charge is 0.481 e. The molecule has 0 aromatic heterocycles. The van der Waals surface area contributed by atoms with E-state index in [9.17, 15) is 9.59 Å². The highest BCUT2D eigenvalue weighted by atomic mass is 16.5. The Morgan fingerprint density at radius 3 is 2.48 bits per heavy atom. The van der Waals surface area contributed by atoms with Crippen LogP contribution in [0, 0.1) is 0 Å². The SMILES string of the molecule is CC[C@@H](Oc1ccccc1)C(=O)Nc1ccc(N2CCCC2=O)cc1. The van der Waals surface area contributed by atoms with Crippen molar-refractivity contribution in [1.82, 2.24) is 0 Å². The van der Waals surface area contributed by atoms with Gasteiger partial charge in [-0.15, -0.1) is 0 Å². The third-order valence-electron chi connectivity index (χ3n) is 4.20. The van der Waals surface area contributed by atoms with Gasteiger partial charge in [-0.3, -0.25) is 9.59 Å². The number of benzene rings is 2. The molecule has 130 valence electrons. The van der Waals surface area contributed by atoms with Gasteiger partial charge in [-0.25, -0.2) is 0 Å². The molecule has 0 spiro atoms. The van der Waals surface area contributed by atoms with Gasteiger partial charge >= 0.3 is 0 Å². The Morgan fingerprint density at radius 1 is 1.16 bits per heavy atom. The van der Waals surface area contributed by atoms with Crippen LogP contribution in [0.5, 0.6) is 5.75 Å². The fourth-order valence-corrected chi connectivity index (χ4v) is 2.85. The minimum atomic E-state index is -0.553. The molecule has 5 nitrogen and oxygen atoms in total. The predicted octanol–water partition coefficient (Wildman–Crippen LogP) is 3.61. The van der Waals surface area contributed by atoms with Crippen molar-refractivity contribution < 1.29 is 14.3 Å². The summed E-state index contributed by atoms with van der Waals surface area (Å²) in [4.78, 5) is 26.0. The minimum Gasteiger partial charge on any atom is -0.481 e. The van der Waals surface area contributed by atoms with E-state index in [1.165, 1.54) is 0 Å². The molecule has 1 N–H and O–H groups in total. The molecular formula is C20H22N2O3. The number of ether oxygens (including phenoxy) is 1. The smallest absolute Gasteiger partial charge is 0.265 e. The van der Waals surface area contributed by atoms with Crippen molar-refractivity contribution in [3.63, 3.8) is 0 Å². The number of nitrogens with one attached hydrogen (secondary N) is 1. The average Bonchev–Trinajstić information content (AvgIpc) is 3.07. The summed E-state index contributed by atoms with van der Waals surface area (Å²) in [7, 11) is 0. The van der Waals surface area contributed by atoms with Crippen LogP contribution in [0.15, 0.2) is 54.6 Å². The van der Waals surface area contributed by atoms with Crippen LogP contribution in [0.2, 0.25) is 0 Å². The monoisotopic (exact) mass is 338 g/mol. The second-order valence-corrected chi connectivity index (χ2v) is 6.01. The maximum Gasteiger partial charge on any atom is 0.265 e. The molecule has 3 rings (SSSR count). The van der Waals surface area contributed by atoms with Gasteiger partial charge in [0.25, 0.3) is 5.91 Å². The molecule has 2 amide bonds. The van der Waals surface area contributed by atoms with Crippen LogP contribution in [-0.4, -0.2) is 24.5 Å². The summed E-state index contributed by atoms with van der Waals surface area (Å²) in [6, 6.07) is 16.7. The molecular weight excluding hydrogens is 316 g/mol. The molecule has 0 unspecified atom stereocenters. The quantitative estimate of drug-likeness (QED) is 0.875. The van der Waals surface area contributed by atoms with E-state index in [0.29, 0.717) is 24.3 Å². The third kappa shape index (κ3) is 4.18. The first-order valence-corrected chi connectivity index (χ1v) is 8.60. The lowest BCUT2D eigenvalue weighted by atomic mass is 10.2. The molecule has 1 saturated heterocycles. The Labute approximate surface area is 147 Å². The second-order valence-electron chi connectivity index (χ2n) is 6.01. The molecule has 0 aliphatic carbocycles. The number of para-hydroxylation sites is 1. The molecule has 0 radical (unpaired) electrons. The highest BCUT2D eigenvalue weighted by Gasteiger charge is 2.22. The van der Waals surface area contributed by atoms with Crippen molar-refractivity contribution in [1.29, 1.82) is 0 Å². The van der Waals surface area contributed by atoms with Gasteiger partial charge in [0.05, 0.1) is 0 Å². The molecule has 2 aromatic rings. The van der Waals surface area contributed by atoms with E-state index in [2.05, 4.69) is 5.32 Å². The number of nitrogens with zero attached hydrogens (tertiary/aromatic N) is 1. The summed E-state index contributed by atoms with van der Waals surface area (Å²) in [5.74, 6) is 0.642. The van der Waals surface area contributed by atoms with Crippen molar-refractivity contribution in [3.8, 4) is 5.75 Å². The summed E-state index contributed by atoms with van der Waals surface area (Å²) in [5, 5.41) is 2.87. The van der Waals surface area contributed by atoms with E-state index >= 15 is 0 Å². The number of amides is 2. The lowest BCUT2D eigenvalue weighted by Crippen LogP contribution is -2.32. The Morgan fingerprint density at radius 2 is 1.88 bits per heavy atom. The fraction of sp³-hybridized carbons (Fsp3) is 0.300. The third-order valence-corrected chi connectivity index (χ3v) is 4.20. The van der Waals surface area contributed by atoms with Crippen molar-refractivity contribution in [2.45, 2.75) is 32.3 Å². The first-order valence-electron chi connectivity index (χ1n) is 8.60. The van der Waals surface area contributed by atoms with Gasteiger partial charge in [-0.2, -0.15) is 0 Å². The zero-order valence-electron chi connectivity index (χ0n) is 14.3. The topological polar surface area (TPSA) is 58.6 Å². The van der Waals surface area contributed by atoms with E-state index in [1.807, 2.05) is 61.5 Å². The molecule has 0 bridgehead atoms. The maximum atomic E-state index is 12.4. The molecule has 5 heteroatoms. The second kappa shape index (κ2) is 7.83. The van der Waals surface area contributed by atoms with Gasteiger partial charge < -0.3 is 15.0 Å². The molecule has 1 aliphatic heterocycles. The number of hydrogen-bond donors (Lipinski definition) is 1. The zero-order chi connectivity index (χ0) is 17.6. The summed E-state index contributed by atoms with van der Waals surface area (Å²) >= 11 is 0. The van der Waals surface area contributed by atoms with Crippen molar-refractivity contribution in [2.24, 2.45) is 0 Å². The Hall–Kier alpha value is -2.82. The van der Waals surface area contributed by atoms with E-state index in [0.717, 1.165) is 18.7 Å². The number of hydrogen-bond acceptors (Lipinski definition) is 3. The van der Waals surface area contributed by atoms with Crippen LogP contribution < -0.4 is 15.0 Å². The van der Waals surface area contributed by atoms with E-state index in [-0.39, 0.29) is 11.8 Å². The normalized spacial score (nSPS) is 15.1. The Bertz CT molecular complexity index is 728. The summed E-state index contributed by atoms with van der Waals surface area (Å²) < 4.78 is 5.75. The van der Waals surface area contributed by atoms with Gasteiger partial charge in [0.2, 0.25) is 5.91 Å².